The topological polar surface area (TPSA) is 101 Å². The third-order valence-corrected chi connectivity index (χ3v) is 3.15. The van der Waals surface area contributed by atoms with Crippen molar-refractivity contribution in [1.82, 2.24) is 10.0 Å². The number of carbonyl (C=O) groups excluding carboxylic acids is 1. The van der Waals surface area contributed by atoms with Crippen LogP contribution in [0.5, 0.6) is 0 Å². The van der Waals surface area contributed by atoms with Gasteiger partial charge >= 0.3 is 0 Å². The summed E-state index contributed by atoms with van der Waals surface area (Å²) in [6.45, 7) is 7.57. The van der Waals surface area contributed by atoms with E-state index in [0.717, 1.165) is 6.26 Å². The van der Waals surface area contributed by atoms with Gasteiger partial charge in [0.1, 0.15) is 0 Å². The van der Waals surface area contributed by atoms with E-state index in [1.807, 2.05) is 13.8 Å². The van der Waals surface area contributed by atoms with Gasteiger partial charge in [0.15, 0.2) is 0 Å². The molecule has 1 amide bonds. The van der Waals surface area contributed by atoms with Crippen molar-refractivity contribution in [3.8, 4) is 0 Å². The van der Waals surface area contributed by atoms with Gasteiger partial charge < -0.3 is 11.1 Å². The minimum absolute atomic E-state index is 0.199. The van der Waals surface area contributed by atoms with Crippen molar-refractivity contribution in [2.75, 3.05) is 12.8 Å². The van der Waals surface area contributed by atoms with Gasteiger partial charge in [-0.25, -0.2) is 13.1 Å². The SMILES string of the molecule is CC(C)C[C@@H](N)C(=O)NCC(C)(C)NS(C)(=O)=O. The van der Waals surface area contributed by atoms with Crippen LogP contribution >= 0.6 is 0 Å². The monoisotopic (exact) mass is 279 g/mol. The van der Waals surface area contributed by atoms with Crippen LogP contribution in [-0.2, 0) is 14.8 Å². The lowest BCUT2D eigenvalue weighted by Gasteiger charge is -2.26. The summed E-state index contributed by atoms with van der Waals surface area (Å²) in [6, 6.07) is -0.556. The Morgan fingerprint density at radius 2 is 1.83 bits per heavy atom. The molecule has 0 radical (unpaired) electrons. The molecule has 4 N–H and O–H groups in total. The molecule has 0 heterocycles. The summed E-state index contributed by atoms with van der Waals surface area (Å²) in [5.74, 6) is 0.0833. The number of carbonyl (C=O) groups is 1. The van der Waals surface area contributed by atoms with Crippen molar-refractivity contribution in [3.63, 3.8) is 0 Å². The lowest BCUT2D eigenvalue weighted by atomic mass is 10.0. The number of sulfonamides is 1. The fourth-order valence-electron chi connectivity index (χ4n) is 1.59. The number of nitrogens with two attached hydrogens (primary N) is 1. The molecule has 0 spiro atoms. The highest BCUT2D eigenvalue weighted by Crippen LogP contribution is 2.05. The molecule has 0 aliphatic rings. The van der Waals surface area contributed by atoms with Crippen LogP contribution in [0, 0.1) is 5.92 Å². The van der Waals surface area contributed by atoms with E-state index < -0.39 is 21.6 Å². The van der Waals surface area contributed by atoms with Gasteiger partial charge in [0.25, 0.3) is 0 Å². The molecule has 0 aliphatic heterocycles. The normalized spacial score (nSPS) is 14.6. The number of hydrogen-bond acceptors (Lipinski definition) is 4. The molecule has 0 saturated carbocycles. The van der Waals surface area contributed by atoms with E-state index in [9.17, 15) is 13.2 Å². The lowest BCUT2D eigenvalue weighted by Crippen LogP contribution is -2.53. The van der Waals surface area contributed by atoms with Gasteiger partial charge in [0.2, 0.25) is 15.9 Å². The van der Waals surface area contributed by atoms with Gasteiger partial charge in [0, 0.05) is 12.1 Å². The molecule has 7 heteroatoms. The quantitative estimate of drug-likeness (QED) is 0.601. The standard InChI is InChI=1S/C11H25N3O3S/c1-8(2)6-9(12)10(15)13-7-11(3,4)14-18(5,16)17/h8-9,14H,6-7,12H2,1-5H3,(H,13,15)/t9-/m1/s1. The van der Waals surface area contributed by atoms with Crippen molar-refractivity contribution in [3.05, 3.63) is 0 Å². The molecule has 18 heavy (non-hydrogen) atoms. The van der Waals surface area contributed by atoms with Gasteiger partial charge in [-0.3, -0.25) is 4.79 Å². The van der Waals surface area contributed by atoms with Gasteiger partial charge in [-0.05, 0) is 26.2 Å². The highest BCUT2D eigenvalue weighted by molar-refractivity contribution is 7.88. The van der Waals surface area contributed by atoms with Crippen LogP contribution in [0.15, 0.2) is 0 Å². The number of amides is 1. The highest BCUT2D eigenvalue weighted by Gasteiger charge is 2.24. The van der Waals surface area contributed by atoms with Crippen LogP contribution in [0.25, 0.3) is 0 Å². The first-order valence-electron chi connectivity index (χ1n) is 5.95. The molecule has 0 unspecified atom stereocenters. The Morgan fingerprint density at radius 1 is 1.33 bits per heavy atom. The van der Waals surface area contributed by atoms with Crippen LogP contribution < -0.4 is 15.8 Å². The van der Waals surface area contributed by atoms with Crippen molar-refractivity contribution in [1.29, 1.82) is 0 Å². The number of rotatable bonds is 7. The summed E-state index contributed by atoms with van der Waals surface area (Å²) in [5, 5.41) is 2.66. The van der Waals surface area contributed by atoms with E-state index in [1.54, 1.807) is 13.8 Å². The molecular formula is C11H25N3O3S. The average molecular weight is 279 g/mol. The first-order chi connectivity index (χ1) is 7.93. The minimum Gasteiger partial charge on any atom is -0.353 e. The molecule has 0 bridgehead atoms. The lowest BCUT2D eigenvalue weighted by molar-refractivity contribution is -0.122. The molecule has 0 aromatic carbocycles. The number of hydrogen-bond donors (Lipinski definition) is 3. The first kappa shape index (κ1) is 17.3. The highest BCUT2D eigenvalue weighted by atomic mass is 32.2. The zero-order valence-corrected chi connectivity index (χ0v) is 12.6. The zero-order chi connectivity index (χ0) is 14.6. The summed E-state index contributed by atoms with van der Waals surface area (Å²) in [6.07, 6.45) is 1.69. The third-order valence-electron chi connectivity index (χ3n) is 2.23. The number of nitrogens with one attached hydrogen (secondary N) is 2. The summed E-state index contributed by atoms with van der Waals surface area (Å²) >= 11 is 0. The zero-order valence-electron chi connectivity index (χ0n) is 11.8. The summed E-state index contributed by atoms with van der Waals surface area (Å²) < 4.78 is 24.7. The molecule has 0 rings (SSSR count). The second-order valence-electron chi connectivity index (χ2n) is 5.71. The Labute approximate surface area is 110 Å². The maximum atomic E-state index is 11.7. The van der Waals surface area contributed by atoms with Gasteiger partial charge in [-0.15, -0.1) is 0 Å². The largest absolute Gasteiger partial charge is 0.353 e. The predicted molar refractivity (Wildman–Crippen MR) is 72.5 cm³/mol. The summed E-state index contributed by atoms with van der Waals surface area (Å²) in [4.78, 5) is 11.7. The second-order valence-corrected chi connectivity index (χ2v) is 7.46. The van der Waals surface area contributed by atoms with E-state index in [4.69, 9.17) is 5.73 Å². The maximum absolute atomic E-state index is 11.7. The Kier molecular flexibility index (Phi) is 6.25. The van der Waals surface area contributed by atoms with Crippen LogP contribution in [0.3, 0.4) is 0 Å². The summed E-state index contributed by atoms with van der Waals surface area (Å²) in [5.41, 5.74) is 4.99. The van der Waals surface area contributed by atoms with E-state index in [2.05, 4.69) is 10.0 Å². The van der Waals surface area contributed by atoms with Crippen LogP contribution in [0.1, 0.15) is 34.1 Å². The van der Waals surface area contributed by atoms with Crippen LogP contribution in [0.4, 0.5) is 0 Å². The van der Waals surface area contributed by atoms with Gasteiger partial charge in [-0.2, -0.15) is 0 Å². The Balaban J connectivity index is 4.27. The molecule has 0 saturated heterocycles. The third kappa shape index (κ3) is 8.43. The Bertz CT molecular complexity index is 377. The van der Waals surface area contributed by atoms with Crippen molar-refractivity contribution in [2.24, 2.45) is 11.7 Å². The fourth-order valence-corrected chi connectivity index (χ4v) is 2.67. The van der Waals surface area contributed by atoms with E-state index in [0.29, 0.717) is 12.3 Å². The van der Waals surface area contributed by atoms with Crippen molar-refractivity contribution >= 4 is 15.9 Å². The first-order valence-corrected chi connectivity index (χ1v) is 7.84. The van der Waals surface area contributed by atoms with Gasteiger partial charge in [-0.1, -0.05) is 13.8 Å². The Hall–Kier alpha value is -0.660. The van der Waals surface area contributed by atoms with Gasteiger partial charge in [0.05, 0.1) is 12.3 Å². The molecule has 108 valence electrons. The van der Waals surface area contributed by atoms with Crippen molar-refractivity contribution < 1.29 is 13.2 Å². The fraction of sp³-hybridized carbons (Fsp3) is 0.909. The molecule has 0 aromatic heterocycles. The summed E-state index contributed by atoms with van der Waals surface area (Å²) in [7, 11) is -3.30. The molecule has 1 atom stereocenters. The minimum atomic E-state index is -3.30. The molecular weight excluding hydrogens is 254 g/mol. The smallest absolute Gasteiger partial charge is 0.236 e. The van der Waals surface area contributed by atoms with E-state index in [1.165, 1.54) is 0 Å². The molecule has 0 aliphatic carbocycles. The second kappa shape index (κ2) is 6.49. The van der Waals surface area contributed by atoms with Crippen LogP contribution in [-0.4, -0.2) is 38.7 Å². The maximum Gasteiger partial charge on any atom is 0.236 e. The molecule has 6 nitrogen and oxygen atoms in total. The van der Waals surface area contributed by atoms with Crippen molar-refractivity contribution in [2.45, 2.75) is 45.7 Å². The average Bonchev–Trinajstić information content (AvgIpc) is 2.09. The Morgan fingerprint density at radius 3 is 2.22 bits per heavy atom. The molecule has 0 aromatic rings. The predicted octanol–water partition coefficient (Wildman–Crippen LogP) is -0.196. The van der Waals surface area contributed by atoms with E-state index >= 15 is 0 Å². The van der Waals surface area contributed by atoms with Crippen LogP contribution in [0.2, 0.25) is 0 Å². The molecule has 0 fully saturated rings. The van der Waals surface area contributed by atoms with E-state index in [-0.39, 0.29) is 12.5 Å².